The van der Waals surface area contributed by atoms with Crippen molar-refractivity contribution in [1.29, 1.82) is 0 Å². The summed E-state index contributed by atoms with van der Waals surface area (Å²) in [6.45, 7) is 0. The molecule has 3 nitrogen and oxygen atoms in total. The topological polar surface area (TPSA) is 43.4 Å². The van der Waals surface area contributed by atoms with Crippen LogP contribution in [0.4, 0.5) is 0 Å². The van der Waals surface area contributed by atoms with Gasteiger partial charge in [-0.3, -0.25) is 0 Å². The number of hydrogen-bond acceptors (Lipinski definition) is 3. The Morgan fingerprint density at radius 3 is 1.50 bits per heavy atom. The van der Waals surface area contributed by atoms with E-state index in [2.05, 4.69) is 24.3 Å². The van der Waals surface area contributed by atoms with Crippen molar-refractivity contribution < 1.29 is 12.6 Å². The summed E-state index contributed by atoms with van der Waals surface area (Å²) in [6, 6.07) is 27.8. The van der Waals surface area contributed by atoms with Crippen molar-refractivity contribution in [2.45, 2.75) is 14.7 Å². The smallest absolute Gasteiger partial charge is 0.306 e. The predicted octanol–water partition coefficient (Wildman–Crippen LogP) is 4.12. The van der Waals surface area contributed by atoms with Gasteiger partial charge in [0.1, 0.15) is 5.75 Å². The van der Waals surface area contributed by atoms with Crippen LogP contribution in [0.3, 0.4) is 0 Å². The van der Waals surface area contributed by atoms with E-state index in [4.69, 9.17) is 4.18 Å². The summed E-state index contributed by atoms with van der Waals surface area (Å²) < 4.78 is 27.4. The van der Waals surface area contributed by atoms with Crippen LogP contribution in [0, 0.1) is 0 Å². The molecule has 0 fully saturated rings. The third kappa shape index (κ3) is 4.19. The van der Waals surface area contributed by atoms with Crippen molar-refractivity contribution in [3.8, 4) is 5.75 Å². The van der Waals surface area contributed by atoms with Gasteiger partial charge in [-0.1, -0.05) is 36.4 Å². The Morgan fingerprint density at radius 2 is 1.08 bits per heavy atom. The molecular formula is C19H17O3S2+. The summed E-state index contributed by atoms with van der Waals surface area (Å²) in [6.07, 6.45) is 1.04. The normalized spacial score (nSPS) is 11.4. The molecule has 3 aromatic rings. The van der Waals surface area contributed by atoms with Crippen LogP contribution in [0.2, 0.25) is 0 Å². The van der Waals surface area contributed by atoms with Crippen LogP contribution in [-0.4, -0.2) is 14.7 Å². The van der Waals surface area contributed by atoms with Gasteiger partial charge in [0.2, 0.25) is 0 Å². The zero-order valence-electron chi connectivity index (χ0n) is 13.1. The summed E-state index contributed by atoms with van der Waals surface area (Å²) >= 11 is 0. The van der Waals surface area contributed by atoms with Crippen molar-refractivity contribution in [1.82, 2.24) is 0 Å². The minimum atomic E-state index is -3.51. The fraction of sp³-hybridized carbons (Fsp3) is 0.0526. The van der Waals surface area contributed by atoms with E-state index in [-0.39, 0.29) is 10.9 Å². The second kappa shape index (κ2) is 7.11. The maximum Gasteiger partial charge on any atom is 0.306 e. The second-order valence-corrected chi connectivity index (χ2v) is 8.79. The first kappa shape index (κ1) is 16.6. The predicted molar refractivity (Wildman–Crippen MR) is 97.0 cm³/mol. The van der Waals surface area contributed by atoms with Crippen LogP contribution >= 0.6 is 0 Å². The minimum absolute atomic E-state index is 0.251. The molecule has 0 amide bonds. The molecule has 0 saturated heterocycles. The molecule has 3 rings (SSSR count). The van der Waals surface area contributed by atoms with Crippen LogP contribution in [0.25, 0.3) is 0 Å². The highest BCUT2D eigenvalue weighted by Gasteiger charge is 2.28. The van der Waals surface area contributed by atoms with Crippen LogP contribution in [0.15, 0.2) is 99.6 Å². The van der Waals surface area contributed by atoms with Gasteiger partial charge in [-0.2, -0.15) is 8.42 Å². The van der Waals surface area contributed by atoms with E-state index in [0.717, 1.165) is 11.2 Å². The van der Waals surface area contributed by atoms with E-state index in [1.54, 1.807) is 12.1 Å². The molecule has 24 heavy (non-hydrogen) atoms. The SMILES string of the molecule is CS(=O)(=O)Oc1ccc([S+](c2ccccc2)c2ccccc2)cc1. The van der Waals surface area contributed by atoms with Gasteiger partial charge in [0.25, 0.3) is 0 Å². The molecule has 0 aromatic heterocycles. The molecule has 0 N–H and O–H groups in total. The molecule has 0 unspecified atom stereocenters. The third-order valence-corrected chi connectivity index (χ3v) is 5.99. The van der Waals surface area contributed by atoms with E-state index in [9.17, 15) is 8.42 Å². The average molecular weight is 357 g/mol. The van der Waals surface area contributed by atoms with Gasteiger partial charge >= 0.3 is 10.1 Å². The zero-order valence-corrected chi connectivity index (χ0v) is 14.8. The van der Waals surface area contributed by atoms with Crippen LogP contribution in [0.5, 0.6) is 5.75 Å². The summed E-state index contributed by atoms with van der Waals surface area (Å²) in [4.78, 5) is 3.52. The third-order valence-electron chi connectivity index (χ3n) is 3.26. The maximum atomic E-state index is 11.2. The first-order valence-corrected chi connectivity index (χ1v) is 10.4. The van der Waals surface area contributed by atoms with Gasteiger partial charge < -0.3 is 4.18 Å². The summed E-state index contributed by atoms with van der Waals surface area (Å²) in [5, 5.41) is 0. The standard InChI is InChI=1S/C19H17O3S2/c1-24(20,21)22-16-12-14-19(15-13-16)23(17-8-4-2-5-9-17)18-10-6-3-7-11-18/h2-15H,1H3/q+1. The van der Waals surface area contributed by atoms with Crippen molar-refractivity contribution in [2.75, 3.05) is 6.26 Å². The Morgan fingerprint density at radius 1 is 0.667 bits per heavy atom. The van der Waals surface area contributed by atoms with Crippen molar-refractivity contribution in [3.63, 3.8) is 0 Å². The molecule has 5 heteroatoms. The first-order valence-electron chi connectivity index (χ1n) is 7.37. The average Bonchev–Trinajstić information content (AvgIpc) is 2.57. The lowest BCUT2D eigenvalue weighted by Gasteiger charge is -2.08. The lowest BCUT2D eigenvalue weighted by molar-refractivity contribution is 0.493. The zero-order chi connectivity index (χ0) is 17.0. The molecule has 0 radical (unpaired) electrons. The molecular weight excluding hydrogens is 340 g/mol. The van der Waals surface area contributed by atoms with Crippen molar-refractivity contribution in [2.24, 2.45) is 0 Å². The molecule has 0 heterocycles. The summed E-state index contributed by atoms with van der Waals surface area (Å²) in [5.74, 6) is 0.325. The molecule has 3 aromatic carbocycles. The highest BCUT2D eigenvalue weighted by molar-refractivity contribution is 7.97. The van der Waals surface area contributed by atoms with Crippen LogP contribution in [0.1, 0.15) is 0 Å². The number of hydrogen-bond donors (Lipinski definition) is 0. The van der Waals surface area contributed by atoms with Gasteiger partial charge in [-0.25, -0.2) is 0 Å². The Hall–Kier alpha value is -2.24. The molecule has 0 aliphatic rings. The molecule has 0 bridgehead atoms. The molecule has 0 aliphatic carbocycles. The first-order chi connectivity index (χ1) is 11.5. The van der Waals surface area contributed by atoms with E-state index < -0.39 is 10.1 Å². The van der Waals surface area contributed by atoms with Gasteiger partial charge in [-0.15, -0.1) is 0 Å². The van der Waals surface area contributed by atoms with Crippen LogP contribution < -0.4 is 4.18 Å². The van der Waals surface area contributed by atoms with E-state index in [0.29, 0.717) is 5.75 Å². The molecule has 0 saturated carbocycles. The van der Waals surface area contributed by atoms with Gasteiger partial charge in [-0.05, 0) is 48.5 Å². The Kier molecular flexibility index (Phi) is 4.92. The van der Waals surface area contributed by atoms with Gasteiger partial charge in [0.05, 0.1) is 17.2 Å². The van der Waals surface area contributed by atoms with Gasteiger partial charge in [0.15, 0.2) is 14.7 Å². The van der Waals surface area contributed by atoms with Gasteiger partial charge in [0, 0.05) is 0 Å². The Bertz CT molecular complexity index is 851. The number of rotatable bonds is 5. The molecule has 0 spiro atoms. The summed E-state index contributed by atoms with van der Waals surface area (Å²) in [5.41, 5.74) is 0. The quantitative estimate of drug-likeness (QED) is 0.510. The Balaban J connectivity index is 2.00. The lowest BCUT2D eigenvalue weighted by Crippen LogP contribution is -2.07. The van der Waals surface area contributed by atoms with Crippen LogP contribution in [-0.2, 0) is 21.0 Å². The summed E-state index contributed by atoms with van der Waals surface area (Å²) in [7, 11) is -3.76. The molecule has 0 atom stereocenters. The fourth-order valence-corrected chi connectivity index (χ4v) is 4.87. The highest BCUT2D eigenvalue weighted by atomic mass is 32.2. The largest absolute Gasteiger partial charge is 0.383 e. The van der Waals surface area contributed by atoms with Crippen molar-refractivity contribution >= 4 is 21.0 Å². The monoisotopic (exact) mass is 357 g/mol. The van der Waals surface area contributed by atoms with Crippen molar-refractivity contribution in [3.05, 3.63) is 84.9 Å². The van der Waals surface area contributed by atoms with E-state index in [1.807, 2.05) is 48.5 Å². The number of benzene rings is 3. The lowest BCUT2D eigenvalue weighted by atomic mass is 10.3. The Labute approximate surface area is 145 Å². The maximum absolute atomic E-state index is 11.2. The van der Waals surface area contributed by atoms with E-state index in [1.165, 1.54) is 9.79 Å². The van der Waals surface area contributed by atoms with E-state index >= 15 is 0 Å². The second-order valence-electron chi connectivity index (χ2n) is 5.19. The molecule has 0 aliphatic heterocycles. The highest BCUT2D eigenvalue weighted by Crippen LogP contribution is 2.31. The fourth-order valence-electron chi connectivity index (χ4n) is 2.33. The molecule has 122 valence electrons. The minimum Gasteiger partial charge on any atom is -0.383 e.